The molecule has 0 radical (unpaired) electrons. The van der Waals surface area contributed by atoms with Gasteiger partial charge in [0, 0.05) is 17.6 Å². The van der Waals surface area contributed by atoms with Crippen molar-refractivity contribution in [2.24, 2.45) is 0 Å². The lowest BCUT2D eigenvalue weighted by Gasteiger charge is -2.12. The van der Waals surface area contributed by atoms with Crippen LogP contribution in [0.25, 0.3) is 0 Å². The molecule has 5 nitrogen and oxygen atoms in total. The zero-order chi connectivity index (χ0) is 13.7. The van der Waals surface area contributed by atoms with Crippen molar-refractivity contribution in [3.63, 3.8) is 0 Å². The Bertz CT molecular complexity index is 479. The van der Waals surface area contributed by atoms with Crippen LogP contribution in [-0.2, 0) is 4.74 Å². The Morgan fingerprint density at radius 1 is 1.42 bits per heavy atom. The molecule has 1 aliphatic heterocycles. The second kappa shape index (κ2) is 6.56. The van der Waals surface area contributed by atoms with E-state index in [-0.39, 0.29) is 12.0 Å². The zero-order valence-electron chi connectivity index (χ0n) is 10.4. The van der Waals surface area contributed by atoms with E-state index < -0.39 is 0 Å². The molecule has 0 spiro atoms. The number of amides is 2. The predicted molar refractivity (Wildman–Crippen MR) is 74.0 cm³/mol. The number of carbonyl (C=O) groups is 2. The predicted octanol–water partition coefficient (Wildman–Crippen LogP) is 2.02. The number of benzene rings is 1. The van der Waals surface area contributed by atoms with Gasteiger partial charge in [-0.15, -0.1) is 0 Å². The fourth-order valence-electron chi connectivity index (χ4n) is 1.84. The van der Waals surface area contributed by atoms with E-state index in [1.807, 2.05) is 18.2 Å². The summed E-state index contributed by atoms with van der Waals surface area (Å²) in [5.74, 6) is -0.114. The van der Waals surface area contributed by atoms with E-state index in [4.69, 9.17) is 4.74 Å². The van der Waals surface area contributed by atoms with Crippen LogP contribution < -0.4 is 5.32 Å². The number of cyclic esters (lactones) is 1. The Morgan fingerprint density at radius 3 is 2.89 bits per heavy atom. The van der Waals surface area contributed by atoms with E-state index in [2.05, 4.69) is 21.2 Å². The molecule has 1 aliphatic rings. The van der Waals surface area contributed by atoms with Crippen LogP contribution in [0, 0.1) is 0 Å². The number of hydrogen-bond acceptors (Lipinski definition) is 3. The summed E-state index contributed by atoms with van der Waals surface area (Å²) in [6, 6.07) is 7.27. The maximum Gasteiger partial charge on any atom is 0.409 e. The zero-order valence-corrected chi connectivity index (χ0v) is 12.0. The summed E-state index contributed by atoms with van der Waals surface area (Å²) >= 11 is 3.34. The minimum atomic E-state index is -0.267. The van der Waals surface area contributed by atoms with Crippen LogP contribution in [-0.4, -0.2) is 43.1 Å². The van der Waals surface area contributed by atoms with Gasteiger partial charge in [0.05, 0.1) is 12.1 Å². The third-order valence-corrected chi connectivity index (χ3v) is 3.55. The van der Waals surface area contributed by atoms with Gasteiger partial charge in [0.1, 0.15) is 6.61 Å². The summed E-state index contributed by atoms with van der Waals surface area (Å²) in [4.78, 5) is 24.7. The van der Waals surface area contributed by atoms with Gasteiger partial charge >= 0.3 is 6.09 Å². The minimum absolute atomic E-state index is 0.114. The fourth-order valence-corrected chi connectivity index (χ4v) is 2.31. The van der Waals surface area contributed by atoms with Crippen molar-refractivity contribution >= 4 is 27.9 Å². The molecule has 2 rings (SSSR count). The first kappa shape index (κ1) is 13.9. The van der Waals surface area contributed by atoms with E-state index in [0.29, 0.717) is 38.2 Å². The lowest BCUT2D eigenvalue weighted by Crippen LogP contribution is -2.30. The van der Waals surface area contributed by atoms with Gasteiger partial charge in [-0.3, -0.25) is 4.79 Å². The van der Waals surface area contributed by atoms with E-state index in [9.17, 15) is 9.59 Å². The minimum Gasteiger partial charge on any atom is -0.448 e. The lowest BCUT2D eigenvalue weighted by atomic mass is 10.2. The topological polar surface area (TPSA) is 58.6 Å². The number of rotatable bonds is 5. The van der Waals surface area contributed by atoms with Crippen molar-refractivity contribution in [3.8, 4) is 0 Å². The van der Waals surface area contributed by atoms with Crippen LogP contribution in [0.4, 0.5) is 4.79 Å². The van der Waals surface area contributed by atoms with Crippen LogP contribution in [0.1, 0.15) is 16.8 Å². The summed E-state index contributed by atoms with van der Waals surface area (Å²) < 4.78 is 5.60. The molecule has 0 bridgehead atoms. The molecule has 2 amide bonds. The first-order chi connectivity index (χ1) is 9.18. The highest BCUT2D eigenvalue weighted by atomic mass is 79.9. The third kappa shape index (κ3) is 3.70. The van der Waals surface area contributed by atoms with E-state index in [1.54, 1.807) is 11.0 Å². The SMILES string of the molecule is O=C(NCCCN1CCOC1=O)c1ccccc1Br. The molecule has 102 valence electrons. The van der Waals surface area contributed by atoms with Gasteiger partial charge in [-0.05, 0) is 34.5 Å². The molecule has 0 unspecified atom stereocenters. The van der Waals surface area contributed by atoms with Crippen molar-refractivity contribution in [3.05, 3.63) is 34.3 Å². The molecular formula is C13H15BrN2O3. The monoisotopic (exact) mass is 326 g/mol. The summed E-state index contributed by atoms with van der Waals surface area (Å²) in [5, 5.41) is 2.83. The van der Waals surface area contributed by atoms with Crippen molar-refractivity contribution in [2.75, 3.05) is 26.2 Å². The molecule has 0 aliphatic carbocycles. The van der Waals surface area contributed by atoms with Crippen molar-refractivity contribution in [1.29, 1.82) is 0 Å². The number of hydrogen-bond donors (Lipinski definition) is 1. The number of carbonyl (C=O) groups excluding carboxylic acids is 2. The molecule has 19 heavy (non-hydrogen) atoms. The van der Waals surface area contributed by atoms with Gasteiger partial charge in [0.2, 0.25) is 0 Å². The summed E-state index contributed by atoms with van der Waals surface area (Å²) in [5.41, 5.74) is 0.614. The molecule has 1 saturated heterocycles. The lowest BCUT2D eigenvalue weighted by molar-refractivity contribution is 0.0951. The van der Waals surface area contributed by atoms with Gasteiger partial charge in [-0.25, -0.2) is 4.79 Å². The Kier molecular flexibility index (Phi) is 4.79. The van der Waals surface area contributed by atoms with Gasteiger partial charge in [-0.1, -0.05) is 12.1 Å². The highest BCUT2D eigenvalue weighted by Crippen LogP contribution is 2.15. The molecule has 1 heterocycles. The largest absolute Gasteiger partial charge is 0.448 e. The van der Waals surface area contributed by atoms with E-state index in [1.165, 1.54) is 0 Å². The van der Waals surface area contributed by atoms with Gasteiger partial charge in [0.25, 0.3) is 5.91 Å². The average molecular weight is 327 g/mol. The summed E-state index contributed by atoms with van der Waals surface area (Å²) in [7, 11) is 0. The van der Waals surface area contributed by atoms with E-state index in [0.717, 1.165) is 4.47 Å². The summed E-state index contributed by atoms with van der Waals surface area (Å²) in [6.45, 7) is 2.23. The van der Waals surface area contributed by atoms with Crippen LogP contribution in [0.5, 0.6) is 0 Å². The Morgan fingerprint density at radius 2 is 2.21 bits per heavy atom. The maximum atomic E-state index is 11.9. The molecule has 1 aromatic carbocycles. The highest BCUT2D eigenvalue weighted by Gasteiger charge is 2.20. The quantitative estimate of drug-likeness (QED) is 0.842. The smallest absolute Gasteiger partial charge is 0.409 e. The molecule has 1 N–H and O–H groups in total. The second-order valence-electron chi connectivity index (χ2n) is 4.19. The number of nitrogens with zero attached hydrogens (tertiary/aromatic N) is 1. The maximum absolute atomic E-state index is 11.9. The van der Waals surface area contributed by atoms with E-state index >= 15 is 0 Å². The number of halogens is 1. The molecule has 6 heteroatoms. The third-order valence-electron chi connectivity index (χ3n) is 2.85. The Hall–Kier alpha value is -1.56. The van der Waals surface area contributed by atoms with Gasteiger partial charge < -0.3 is 15.0 Å². The number of ether oxygens (including phenoxy) is 1. The van der Waals surface area contributed by atoms with Crippen molar-refractivity contribution in [2.45, 2.75) is 6.42 Å². The Balaban J connectivity index is 1.72. The van der Waals surface area contributed by atoms with Crippen LogP contribution in [0.3, 0.4) is 0 Å². The number of nitrogens with one attached hydrogen (secondary N) is 1. The first-order valence-electron chi connectivity index (χ1n) is 6.13. The van der Waals surface area contributed by atoms with Crippen LogP contribution in [0.15, 0.2) is 28.7 Å². The van der Waals surface area contributed by atoms with Crippen LogP contribution >= 0.6 is 15.9 Å². The fraction of sp³-hybridized carbons (Fsp3) is 0.385. The molecule has 0 aromatic heterocycles. The van der Waals surface area contributed by atoms with Gasteiger partial charge in [-0.2, -0.15) is 0 Å². The second-order valence-corrected chi connectivity index (χ2v) is 5.05. The van der Waals surface area contributed by atoms with Crippen LogP contribution in [0.2, 0.25) is 0 Å². The van der Waals surface area contributed by atoms with Crippen molar-refractivity contribution < 1.29 is 14.3 Å². The summed E-state index contributed by atoms with van der Waals surface area (Å²) in [6.07, 6.45) is 0.447. The molecular weight excluding hydrogens is 312 g/mol. The van der Waals surface area contributed by atoms with Crippen molar-refractivity contribution in [1.82, 2.24) is 10.2 Å². The molecule has 1 fully saturated rings. The highest BCUT2D eigenvalue weighted by molar-refractivity contribution is 9.10. The molecule has 1 aromatic rings. The average Bonchev–Trinajstić information content (AvgIpc) is 2.80. The van der Waals surface area contributed by atoms with Gasteiger partial charge in [0.15, 0.2) is 0 Å². The molecule has 0 saturated carbocycles. The normalized spacial score (nSPS) is 14.4. The standard InChI is InChI=1S/C13H15BrN2O3/c14-11-5-2-1-4-10(11)12(17)15-6-3-7-16-8-9-19-13(16)18/h1-2,4-5H,3,6-9H2,(H,15,17). The Labute approximate surface area is 120 Å². The first-order valence-corrected chi connectivity index (χ1v) is 6.92. The molecule has 0 atom stereocenters.